The Kier molecular flexibility index (Phi) is 5.66. The SMILES string of the molecule is CC1(C)[C@@H]2CC[C@@]1(C)[C@@](O)(C(=O)[C@@H]1C[C@H]3C=C[C@@H]1C3)C2.CC1(C)[C@@H]2CC[C@@]1(C)[C@@](O)(C(=O)[C@@H]1C[C@H]3C=C[C@@H]1C3)C2. The van der Waals surface area contributed by atoms with Gasteiger partial charge in [0.25, 0.3) is 0 Å². The van der Waals surface area contributed by atoms with Crippen LogP contribution in [0.2, 0.25) is 0 Å². The molecule has 12 atom stereocenters. The lowest BCUT2D eigenvalue weighted by Gasteiger charge is -2.45. The number of ketones is 2. The zero-order valence-electron chi connectivity index (χ0n) is 25.7. The van der Waals surface area contributed by atoms with Crippen molar-refractivity contribution in [1.82, 2.24) is 0 Å². The van der Waals surface area contributed by atoms with Crippen LogP contribution in [0.3, 0.4) is 0 Å². The fraction of sp³-hybridized carbons (Fsp3) is 0.833. The maximum Gasteiger partial charge on any atom is 0.168 e. The number of hydrogen-bond acceptors (Lipinski definition) is 4. The second-order valence-corrected chi connectivity index (χ2v) is 17.2. The van der Waals surface area contributed by atoms with Crippen LogP contribution in [0.25, 0.3) is 0 Å². The van der Waals surface area contributed by atoms with Crippen LogP contribution in [0, 0.1) is 69.0 Å². The molecule has 0 spiro atoms. The first-order valence-electron chi connectivity index (χ1n) is 16.5. The van der Waals surface area contributed by atoms with Gasteiger partial charge in [-0.3, -0.25) is 9.59 Å². The second kappa shape index (κ2) is 8.22. The number of fused-ring (bicyclic) bond motifs is 8. The molecular weight excluding hydrogens is 496 g/mol. The van der Waals surface area contributed by atoms with Crippen LogP contribution in [0.15, 0.2) is 24.3 Å². The van der Waals surface area contributed by atoms with Crippen molar-refractivity contribution >= 4 is 11.6 Å². The molecule has 2 N–H and O–H groups in total. The second-order valence-electron chi connectivity index (χ2n) is 17.2. The molecule has 0 aromatic rings. The van der Waals surface area contributed by atoms with Gasteiger partial charge in [0.05, 0.1) is 0 Å². The predicted octanol–water partition coefficient (Wildman–Crippen LogP) is 6.69. The predicted molar refractivity (Wildman–Crippen MR) is 156 cm³/mol. The van der Waals surface area contributed by atoms with E-state index < -0.39 is 11.2 Å². The third-order valence-corrected chi connectivity index (χ3v) is 15.8. The minimum atomic E-state index is -1.07. The molecule has 0 aromatic carbocycles. The first-order valence-corrected chi connectivity index (χ1v) is 16.5. The summed E-state index contributed by atoms with van der Waals surface area (Å²) < 4.78 is 0. The molecule has 6 saturated carbocycles. The minimum absolute atomic E-state index is 0.0852. The molecule has 0 heterocycles. The van der Waals surface area contributed by atoms with E-state index >= 15 is 0 Å². The third kappa shape index (κ3) is 3.12. The van der Waals surface area contributed by atoms with Crippen molar-refractivity contribution in [2.75, 3.05) is 0 Å². The van der Waals surface area contributed by atoms with Gasteiger partial charge in [0.2, 0.25) is 0 Å². The van der Waals surface area contributed by atoms with Crippen molar-refractivity contribution in [1.29, 1.82) is 0 Å². The fourth-order valence-electron chi connectivity index (χ4n) is 12.1. The summed E-state index contributed by atoms with van der Waals surface area (Å²) in [6.45, 7) is 13.4. The molecule has 0 aliphatic heterocycles. The molecule has 8 rings (SSSR count). The number of aliphatic hydroxyl groups is 2. The van der Waals surface area contributed by atoms with Crippen LogP contribution in [-0.2, 0) is 9.59 Å². The van der Waals surface area contributed by atoms with Crippen LogP contribution < -0.4 is 0 Å². The van der Waals surface area contributed by atoms with Gasteiger partial charge in [0.1, 0.15) is 11.2 Å². The largest absolute Gasteiger partial charge is 0.381 e. The monoisotopic (exact) mass is 548 g/mol. The Morgan fingerprint density at radius 1 is 0.600 bits per heavy atom. The maximum atomic E-state index is 13.2. The molecule has 220 valence electrons. The highest BCUT2D eigenvalue weighted by molar-refractivity contribution is 5.92. The summed E-state index contributed by atoms with van der Waals surface area (Å²) in [7, 11) is 0. The molecule has 4 heteroatoms. The van der Waals surface area contributed by atoms with Gasteiger partial charge in [-0.2, -0.15) is 0 Å². The molecule has 8 bridgehead atoms. The molecule has 0 saturated heterocycles. The summed E-state index contributed by atoms with van der Waals surface area (Å²) in [6, 6.07) is 0. The van der Waals surface area contributed by atoms with Crippen LogP contribution >= 0.6 is 0 Å². The lowest BCUT2D eigenvalue weighted by molar-refractivity contribution is -0.160. The van der Waals surface area contributed by atoms with Gasteiger partial charge in [-0.15, -0.1) is 0 Å². The van der Waals surface area contributed by atoms with Gasteiger partial charge >= 0.3 is 0 Å². The van der Waals surface area contributed by atoms with E-state index in [-0.39, 0.29) is 45.1 Å². The van der Waals surface area contributed by atoms with Crippen molar-refractivity contribution in [2.45, 2.75) is 117 Å². The van der Waals surface area contributed by atoms with Crippen LogP contribution in [0.5, 0.6) is 0 Å². The highest BCUT2D eigenvalue weighted by atomic mass is 16.3. The number of hydrogen-bond donors (Lipinski definition) is 2. The molecular formula is C36H52O4. The third-order valence-electron chi connectivity index (χ3n) is 15.8. The fourth-order valence-corrected chi connectivity index (χ4v) is 12.1. The first-order chi connectivity index (χ1) is 18.6. The highest BCUT2D eigenvalue weighted by Crippen LogP contribution is 2.72. The number of carbonyl (C=O) groups is 2. The summed E-state index contributed by atoms with van der Waals surface area (Å²) in [5, 5.41) is 22.7. The lowest BCUT2D eigenvalue weighted by atomic mass is 9.61. The number of Topliss-reactive ketones (excluding diaryl/α,β-unsaturated/α-hetero) is 2. The van der Waals surface area contributed by atoms with Gasteiger partial charge in [0, 0.05) is 22.7 Å². The molecule has 8 aliphatic rings. The highest BCUT2D eigenvalue weighted by Gasteiger charge is 2.73. The lowest BCUT2D eigenvalue weighted by Crippen LogP contribution is -2.55. The Morgan fingerprint density at radius 2 is 0.975 bits per heavy atom. The van der Waals surface area contributed by atoms with Gasteiger partial charge in [-0.05, 0) is 111 Å². The zero-order valence-corrected chi connectivity index (χ0v) is 25.7. The van der Waals surface area contributed by atoms with Crippen LogP contribution in [0.4, 0.5) is 0 Å². The zero-order chi connectivity index (χ0) is 28.7. The Balaban J connectivity index is 0.000000132. The maximum absolute atomic E-state index is 13.2. The molecule has 4 nitrogen and oxygen atoms in total. The molecule has 0 unspecified atom stereocenters. The summed E-state index contributed by atoms with van der Waals surface area (Å²) in [6.07, 6.45) is 19.0. The molecule has 0 aromatic heterocycles. The minimum Gasteiger partial charge on any atom is -0.381 e. The van der Waals surface area contributed by atoms with Crippen molar-refractivity contribution in [3.05, 3.63) is 24.3 Å². The molecule has 6 fully saturated rings. The summed E-state index contributed by atoms with van der Waals surface area (Å²) in [5.41, 5.74) is -2.42. The summed E-state index contributed by atoms with van der Waals surface area (Å²) in [4.78, 5) is 26.3. The van der Waals surface area contributed by atoms with E-state index in [0.29, 0.717) is 48.3 Å². The molecule has 8 aliphatic carbocycles. The van der Waals surface area contributed by atoms with Gasteiger partial charge in [-0.25, -0.2) is 0 Å². The van der Waals surface area contributed by atoms with E-state index in [1.807, 2.05) is 0 Å². The van der Waals surface area contributed by atoms with Crippen LogP contribution in [-0.4, -0.2) is 33.0 Å². The number of carbonyl (C=O) groups excluding carboxylic acids is 2. The van der Waals surface area contributed by atoms with Crippen molar-refractivity contribution in [2.24, 2.45) is 69.0 Å². The number of rotatable bonds is 4. The van der Waals surface area contributed by atoms with E-state index in [1.54, 1.807) is 0 Å². The average Bonchev–Trinajstić information content (AvgIpc) is 3.78. The van der Waals surface area contributed by atoms with Crippen molar-refractivity contribution in [3.8, 4) is 0 Å². The Bertz CT molecular complexity index is 1100. The molecule has 40 heavy (non-hydrogen) atoms. The molecule has 0 amide bonds. The van der Waals surface area contributed by atoms with E-state index in [0.717, 1.165) is 38.5 Å². The van der Waals surface area contributed by atoms with E-state index in [1.165, 1.54) is 12.8 Å². The topological polar surface area (TPSA) is 74.6 Å². The van der Waals surface area contributed by atoms with Crippen LogP contribution in [0.1, 0.15) is 106 Å². The Hall–Kier alpha value is -1.26. The first kappa shape index (κ1) is 27.6. The van der Waals surface area contributed by atoms with E-state index in [9.17, 15) is 19.8 Å². The van der Waals surface area contributed by atoms with E-state index in [2.05, 4.69) is 65.8 Å². The summed E-state index contributed by atoms with van der Waals surface area (Å²) in [5.74, 6) is 3.54. The molecule has 0 radical (unpaired) electrons. The average molecular weight is 549 g/mol. The standard InChI is InChI=1S/2C18H26O2/c2*1-16(2)13-6-7-17(16,3)18(20,10-13)15(19)14-9-11-4-5-12(14)8-11/h2*4-5,11-14,20H,6-10H2,1-3H3/t2*11-,12+,13+,14+,17+,18-/m00/s1. The van der Waals surface area contributed by atoms with E-state index in [4.69, 9.17) is 0 Å². The Morgan fingerprint density at radius 3 is 1.20 bits per heavy atom. The van der Waals surface area contributed by atoms with Crippen molar-refractivity contribution < 1.29 is 19.8 Å². The normalized spacial score (nSPS) is 54.8. The van der Waals surface area contributed by atoms with Crippen molar-refractivity contribution in [3.63, 3.8) is 0 Å². The van der Waals surface area contributed by atoms with Gasteiger partial charge in [-0.1, -0.05) is 65.8 Å². The number of allylic oxidation sites excluding steroid dienone is 4. The van der Waals surface area contributed by atoms with Gasteiger partial charge in [0.15, 0.2) is 11.6 Å². The summed E-state index contributed by atoms with van der Waals surface area (Å²) >= 11 is 0. The Labute approximate surface area is 241 Å². The smallest absolute Gasteiger partial charge is 0.168 e. The quantitative estimate of drug-likeness (QED) is 0.384. The van der Waals surface area contributed by atoms with Gasteiger partial charge < -0.3 is 10.2 Å².